The molecule has 0 unspecified atom stereocenters. The summed E-state index contributed by atoms with van der Waals surface area (Å²) in [6.07, 6.45) is 12.1. The Balaban J connectivity index is 1.20. The molecular formula is C29H35N3O3. The van der Waals surface area contributed by atoms with E-state index in [1.165, 1.54) is 50.3 Å². The molecule has 35 heavy (non-hydrogen) atoms. The van der Waals surface area contributed by atoms with E-state index in [4.69, 9.17) is 4.74 Å². The highest BCUT2D eigenvalue weighted by molar-refractivity contribution is 5.90. The fraction of sp³-hybridized carbons (Fsp3) is 0.448. The van der Waals surface area contributed by atoms with Crippen LogP contribution in [0.3, 0.4) is 0 Å². The Morgan fingerprint density at radius 1 is 1.14 bits per heavy atom. The molecule has 4 fully saturated rings. The lowest BCUT2D eigenvalue weighted by Crippen LogP contribution is -2.48. The fourth-order valence-corrected chi connectivity index (χ4v) is 7.04. The topological polar surface area (TPSA) is 83.0 Å². The van der Waals surface area contributed by atoms with Gasteiger partial charge in [-0.05, 0) is 110 Å². The summed E-state index contributed by atoms with van der Waals surface area (Å²) in [7, 11) is 0. The van der Waals surface area contributed by atoms with Gasteiger partial charge in [0.25, 0.3) is 0 Å². The van der Waals surface area contributed by atoms with Crippen molar-refractivity contribution in [1.29, 1.82) is 0 Å². The number of carbonyl (C=O) groups is 1. The number of aromatic hydroxyl groups is 1. The number of phenols is 1. The van der Waals surface area contributed by atoms with Crippen molar-refractivity contribution in [2.75, 3.05) is 11.9 Å². The van der Waals surface area contributed by atoms with Crippen LogP contribution in [0.25, 0.3) is 0 Å². The molecule has 0 spiro atoms. The molecular weight excluding hydrogens is 438 g/mol. The lowest BCUT2D eigenvalue weighted by molar-refractivity contribution is -0.00518. The molecule has 2 aromatic rings. The largest absolute Gasteiger partial charge is 0.504 e. The molecule has 3 N–H and O–H groups in total. The van der Waals surface area contributed by atoms with Crippen LogP contribution in [0.5, 0.6) is 11.5 Å². The van der Waals surface area contributed by atoms with Crippen LogP contribution in [0.1, 0.15) is 62.1 Å². The third-order valence-electron chi connectivity index (χ3n) is 8.01. The first kappa shape index (κ1) is 23.5. The number of nitrogens with one attached hydrogen (secondary N) is 2. The zero-order valence-corrected chi connectivity index (χ0v) is 20.4. The van der Waals surface area contributed by atoms with Gasteiger partial charge in [-0.15, -0.1) is 6.58 Å². The third kappa shape index (κ3) is 4.93. The first-order valence-corrected chi connectivity index (χ1v) is 12.8. The number of anilines is 1. The predicted octanol–water partition coefficient (Wildman–Crippen LogP) is 6.14. The van der Waals surface area contributed by atoms with Gasteiger partial charge in [0.1, 0.15) is 0 Å². The smallest absolute Gasteiger partial charge is 0.339 e. The van der Waals surface area contributed by atoms with E-state index in [-0.39, 0.29) is 5.75 Å². The molecule has 0 radical (unpaired) electrons. The summed E-state index contributed by atoms with van der Waals surface area (Å²) in [6.45, 7) is 6.02. The highest BCUT2D eigenvalue weighted by atomic mass is 16.5. The Kier molecular flexibility index (Phi) is 6.54. The van der Waals surface area contributed by atoms with Crippen LogP contribution in [-0.2, 0) is 11.8 Å². The average molecular weight is 474 g/mol. The van der Waals surface area contributed by atoms with Crippen LogP contribution in [0.15, 0.2) is 54.2 Å². The Hall–Kier alpha value is -3.28. The number of nitrogens with zero attached hydrogens (tertiary/aromatic N) is 1. The number of hydrazone groups is 1. The Morgan fingerprint density at radius 2 is 1.80 bits per heavy atom. The number of benzene rings is 2. The lowest BCUT2D eigenvalue weighted by Gasteiger charge is -2.57. The molecule has 6 rings (SSSR count). The van der Waals surface area contributed by atoms with Gasteiger partial charge in [0.05, 0.1) is 12.8 Å². The van der Waals surface area contributed by atoms with Crippen LogP contribution in [0, 0.1) is 17.8 Å². The van der Waals surface area contributed by atoms with Crippen LogP contribution in [0.4, 0.5) is 10.5 Å². The number of phenolic OH excluding ortho intramolecular Hbond substituents is 1. The van der Waals surface area contributed by atoms with E-state index in [1.54, 1.807) is 18.2 Å². The summed E-state index contributed by atoms with van der Waals surface area (Å²) in [5.74, 6) is 3.22. The molecule has 0 heterocycles. The lowest BCUT2D eigenvalue weighted by atomic mass is 9.48. The van der Waals surface area contributed by atoms with Crippen LogP contribution >= 0.6 is 0 Å². The first-order chi connectivity index (χ1) is 17.0. The molecule has 4 aliphatic carbocycles. The van der Waals surface area contributed by atoms with Crippen LogP contribution in [-0.4, -0.2) is 24.0 Å². The molecule has 6 heteroatoms. The number of allylic oxidation sites excluding steroid dienone is 1. The van der Waals surface area contributed by atoms with Gasteiger partial charge in [-0.1, -0.05) is 18.2 Å². The number of carbonyl (C=O) groups excluding carboxylic acids is 1. The Labute approximate surface area is 207 Å². The first-order valence-electron chi connectivity index (χ1n) is 12.8. The molecule has 2 amide bonds. The second-order valence-corrected chi connectivity index (χ2v) is 10.6. The molecule has 184 valence electrons. The normalized spacial score (nSPS) is 26.6. The number of amides is 2. The zero-order valence-electron chi connectivity index (χ0n) is 20.4. The number of ether oxygens (including phenoxy) is 1. The van der Waals surface area contributed by atoms with Crippen molar-refractivity contribution in [3.8, 4) is 11.5 Å². The predicted molar refractivity (Wildman–Crippen MR) is 139 cm³/mol. The molecule has 0 aromatic heterocycles. The second kappa shape index (κ2) is 9.76. The van der Waals surface area contributed by atoms with Gasteiger partial charge in [0, 0.05) is 11.3 Å². The van der Waals surface area contributed by atoms with Crippen molar-refractivity contribution in [3.05, 3.63) is 65.7 Å². The van der Waals surface area contributed by atoms with Gasteiger partial charge < -0.3 is 15.2 Å². The van der Waals surface area contributed by atoms with E-state index < -0.39 is 6.03 Å². The maximum absolute atomic E-state index is 12.4. The molecule has 0 atom stereocenters. The average Bonchev–Trinajstić information content (AvgIpc) is 2.82. The maximum Gasteiger partial charge on any atom is 0.339 e. The molecule has 4 saturated carbocycles. The van der Waals surface area contributed by atoms with Gasteiger partial charge >= 0.3 is 6.03 Å². The van der Waals surface area contributed by atoms with Gasteiger partial charge in [-0.2, -0.15) is 5.10 Å². The number of hydrogen-bond acceptors (Lipinski definition) is 4. The van der Waals surface area contributed by atoms with Gasteiger partial charge in [0.15, 0.2) is 11.5 Å². The summed E-state index contributed by atoms with van der Waals surface area (Å²) in [5.41, 5.74) is 6.47. The van der Waals surface area contributed by atoms with Crippen molar-refractivity contribution in [1.82, 2.24) is 5.43 Å². The van der Waals surface area contributed by atoms with E-state index in [0.717, 1.165) is 23.4 Å². The van der Waals surface area contributed by atoms with E-state index >= 15 is 0 Å². The zero-order chi connectivity index (χ0) is 24.4. The summed E-state index contributed by atoms with van der Waals surface area (Å²) in [5, 5.41) is 17.2. The minimum absolute atomic E-state index is 0.103. The van der Waals surface area contributed by atoms with E-state index in [0.29, 0.717) is 35.3 Å². The molecule has 4 aliphatic rings. The number of urea groups is 1. The van der Waals surface area contributed by atoms with Crippen molar-refractivity contribution in [2.24, 2.45) is 22.9 Å². The molecule has 0 aliphatic heterocycles. The standard InChI is InChI=1S/C29H35N3O3/c1-3-5-23-13-22(14-26(27(23)33)35-4-2)18-30-32-28(34)31-25-8-6-24(7-9-25)29-15-19-10-20(16-29)12-21(11-19)17-29/h3,6-9,13-14,18-21,33H,1,4-5,10-12,15-17H2,2H3,(H2,31,32,34)/b30-18+. The monoisotopic (exact) mass is 473 g/mol. The van der Waals surface area contributed by atoms with Gasteiger partial charge in [-0.3, -0.25) is 0 Å². The minimum Gasteiger partial charge on any atom is -0.504 e. The van der Waals surface area contributed by atoms with E-state index in [9.17, 15) is 9.90 Å². The van der Waals surface area contributed by atoms with Gasteiger partial charge in [0.2, 0.25) is 0 Å². The summed E-state index contributed by atoms with van der Waals surface area (Å²) in [6, 6.07) is 11.5. The van der Waals surface area contributed by atoms with Crippen LogP contribution < -0.4 is 15.5 Å². The number of hydrogen-bond donors (Lipinski definition) is 3. The fourth-order valence-electron chi connectivity index (χ4n) is 7.04. The van der Waals surface area contributed by atoms with Crippen LogP contribution in [0.2, 0.25) is 0 Å². The molecule has 4 bridgehead atoms. The summed E-state index contributed by atoms with van der Waals surface area (Å²) in [4.78, 5) is 12.4. The minimum atomic E-state index is -0.404. The van der Waals surface area contributed by atoms with Crippen molar-refractivity contribution in [3.63, 3.8) is 0 Å². The number of rotatable bonds is 8. The third-order valence-corrected chi connectivity index (χ3v) is 8.01. The summed E-state index contributed by atoms with van der Waals surface area (Å²) < 4.78 is 5.51. The highest BCUT2D eigenvalue weighted by Crippen LogP contribution is 2.60. The van der Waals surface area contributed by atoms with Crippen molar-refractivity contribution < 1.29 is 14.6 Å². The summed E-state index contributed by atoms with van der Waals surface area (Å²) >= 11 is 0. The Bertz CT molecular complexity index is 1090. The van der Waals surface area contributed by atoms with E-state index in [2.05, 4.69) is 34.6 Å². The quantitative estimate of drug-likeness (QED) is 0.245. The van der Waals surface area contributed by atoms with E-state index in [1.807, 2.05) is 19.1 Å². The van der Waals surface area contributed by atoms with Crippen molar-refractivity contribution >= 4 is 17.9 Å². The maximum atomic E-state index is 12.4. The van der Waals surface area contributed by atoms with Gasteiger partial charge in [-0.25, -0.2) is 10.2 Å². The van der Waals surface area contributed by atoms with Crippen molar-refractivity contribution in [2.45, 2.75) is 57.3 Å². The Morgan fingerprint density at radius 3 is 2.40 bits per heavy atom. The second-order valence-electron chi connectivity index (χ2n) is 10.6. The molecule has 6 nitrogen and oxygen atoms in total. The molecule has 2 aromatic carbocycles. The molecule has 0 saturated heterocycles. The SMILES string of the molecule is C=CCc1cc(/C=N/NC(=O)Nc2ccc(C34CC5CC(CC(C5)C3)C4)cc2)cc(OCC)c1O. The highest BCUT2D eigenvalue weighted by Gasteiger charge is 2.51.